The van der Waals surface area contributed by atoms with Crippen molar-refractivity contribution in [2.24, 2.45) is 0 Å². The molecule has 0 aliphatic heterocycles. The third-order valence-corrected chi connectivity index (χ3v) is 2.44. The summed E-state index contributed by atoms with van der Waals surface area (Å²) in [5, 5.41) is 11.7. The Kier molecular flexibility index (Phi) is 5.22. The Bertz CT molecular complexity index is 493. The summed E-state index contributed by atoms with van der Waals surface area (Å²) in [5.74, 6) is 0.662. The number of carbonyl (C=O) groups is 2. The number of hydrogen-bond acceptors (Lipinski definition) is 2. The molecule has 0 spiro atoms. The summed E-state index contributed by atoms with van der Waals surface area (Å²) in [7, 11) is 0. The van der Waals surface area contributed by atoms with E-state index in [9.17, 15) is 9.59 Å². The Morgan fingerprint density at radius 3 is 2.78 bits per heavy atom. The lowest BCUT2D eigenvalue weighted by molar-refractivity contribution is -0.141. The summed E-state index contributed by atoms with van der Waals surface area (Å²) in [4.78, 5) is 22.4. The van der Waals surface area contributed by atoms with Gasteiger partial charge in [0.05, 0.1) is 6.42 Å². The summed E-state index contributed by atoms with van der Waals surface area (Å²) < 4.78 is 0. The minimum atomic E-state index is -1.15. The normalized spacial score (nSPS) is 11.3. The van der Waals surface area contributed by atoms with Crippen LogP contribution in [0.1, 0.15) is 12.0 Å². The highest BCUT2D eigenvalue weighted by Gasteiger charge is 2.18. The molecule has 5 heteroatoms. The van der Waals surface area contributed by atoms with Crippen molar-refractivity contribution in [2.45, 2.75) is 18.9 Å². The third-order valence-electron chi connectivity index (χ3n) is 2.21. The summed E-state index contributed by atoms with van der Waals surface area (Å²) in [5.41, 5.74) is 0.713. The molecular formula is C13H12ClNO3. The molecule has 0 bridgehead atoms. The zero-order valence-corrected chi connectivity index (χ0v) is 10.3. The van der Waals surface area contributed by atoms with Crippen LogP contribution in [-0.2, 0) is 16.0 Å². The fourth-order valence-corrected chi connectivity index (χ4v) is 1.61. The van der Waals surface area contributed by atoms with E-state index >= 15 is 0 Å². The van der Waals surface area contributed by atoms with Gasteiger partial charge in [-0.2, -0.15) is 0 Å². The van der Waals surface area contributed by atoms with Crippen LogP contribution in [0.15, 0.2) is 24.3 Å². The van der Waals surface area contributed by atoms with Crippen molar-refractivity contribution in [1.29, 1.82) is 0 Å². The predicted octanol–water partition coefficient (Wildman–Crippen LogP) is 1.48. The summed E-state index contributed by atoms with van der Waals surface area (Å²) in [6.45, 7) is 0. The third kappa shape index (κ3) is 4.48. The molecule has 2 N–H and O–H groups in total. The van der Waals surface area contributed by atoms with Crippen molar-refractivity contribution in [3.05, 3.63) is 34.9 Å². The Hall–Kier alpha value is -1.99. The second kappa shape index (κ2) is 6.67. The lowest BCUT2D eigenvalue weighted by atomic mass is 10.1. The molecule has 18 heavy (non-hydrogen) atoms. The molecule has 1 amide bonds. The highest BCUT2D eigenvalue weighted by molar-refractivity contribution is 6.30. The average molecular weight is 266 g/mol. The molecule has 0 saturated carbocycles. The zero-order chi connectivity index (χ0) is 13.5. The van der Waals surface area contributed by atoms with Crippen molar-refractivity contribution in [1.82, 2.24) is 5.32 Å². The highest BCUT2D eigenvalue weighted by atomic mass is 35.5. The average Bonchev–Trinajstić information content (AvgIpc) is 2.28. The van der Waals surface area contributed by atoms with Crippen LogP contribution in [0.25, 0.3) is 0 Å². The van der Waals surface area contributed by atoms with Gasteiger partial charge in [-0.3, -0.25) is 4.79 Å². The molecular weight excluding hydrogens is 254 g/mol. The van der Waals surface area contributed by atoms with Crippen LogP contribution in [0.2, 0.25) is 5.02 Å². The molecule has 0 aliphatic carbocycles. The van der Waals surface area contributed by atoms with Gasteiger partial charge in [-0.15, -0.1) is 12.3 Å². The van der Waals surface area contributed by atoms with Gasteiger partial charge in [0.25, 0.3) is 0 Å². The molecule has 0 radical (unpaired) electrons. The Labute approximate surface area is 110 Å². The van der Waals surface area contributed by atoms with Gasteiger partial charge < -0.3 is 10.4 Å². The highest BCUT2D eigenvalue weighted by Crippen LogP contribution is 2.11. The van der Waals surface area contributed by atoms with Crippen molar-refractivity contribution < 1.29 is 14.7 Å². The first-order chi connectivity index (χ1) is 8.52. The number of carbonyl (C=O) groups excluding carboxylic acids is 1. The first-order valence-corrected chi connectivity index (χ1v) is 5.61. The van der Waals surface area contributed by atoms with Crippen LogP contribution >= 0.6 is 11.6 Å². The molecule has 1 unspecified atom stereocenters. The van der Waals surface area contributed by atoms with Crippen molar-refractivity contribution in [3.8, 4) is 12.3 Å². The van der Waals surface area contributed by atoms with Crippen LogP contribution in [0.5, 0.6) is 0 Å². The van der Waals surface area contributed by atoms with Gasteiger partial charge in [0.2, 0.25) is 5.91 Å². The van der Waals surface area contributed by atoms with Crippen molar-refractivity contribution in [3.63, 3.8) is 0 Å². The van der Waals surface area contributed by atoms with Gasteiger partial charge >= 0.3 is 5.97 Å². The van der Waals surface area contributed by atoms with E-state index in [0.29, 0.717) is 10.6 Å². The molecule has 1 atom stereocenters. The lowest BCUT2D eigenvalue weighted by Gasteiger charge is -2.11. The van der Waals surface area contributed by atoms with Gasteiger partial charge in [-0.1, -0.05) is 23.7 Å². The molecule has 0 aliphatic rings. The van der Waals surface area contributed by atoms with Gasteiger partial charge in [0, 0.05) is 11.4 Å². The molecule has 0 aromatic heterocycles. The van der Waals surface area contributed by atoms with E-state index in [4.69, 9.17) is 23.1 Å². The lowest BCUT2D eigenvalue weighted by Crippen LogP contribution is -2.41. The van der Waals surface area contributed by atoms with Crippen LogP contribution in [-0.4, -0.2) is 23.0 Å². The number of halogens is 1. The van der Waals surface area contributed by atoms with Crippen molar-refractivity contribution >= 4 is 23.5 Å². The molecule has 0 saturated heterocycles. The SMILES string of the molecule is C#CCC(NC(=O)Cc1cccc(Cl)c1)C(=O)O. The van der Waals surface area contributed by atoms with E-state index in [2.05, 4.69) is 11.2 Å². The molecule has 1 aromatic rings. The fraction of sp³-hybridized carbons (Fsp3) is 0.231. The smallest absolute Gasteiger partial charge is 0.327 e. The van der Waals surface area contributed by atoms with E-state index in [1.54, 1.807) is 24.3 Å². The number of hydrogen-bond donors (Lipinski definition) is 2. The maximum absolute atomic E-state index is 11.6. The number of carboxylic acid groups (broad SMARTS) is 1. The molecule has 0 heterocycles. The maximum Gasteiger partial charge on any atom is 0.327 e. The number of benzene rings is 1. The largest absolute Gasteiger partial charge is 0.480 e. The summed E-state index contributed by atoms with van der Waals surface area (Å²) in [6.07, 6.45) is 5.05. The van der Waals surface area contributed by atoms with Crippen LogP contribution in [0, 0.1) is 12.3 Å². The molecule has 1 aromatic carbocycles. The number of rotatable bonds is 5. The number of nitrogens with one attached hydrogen (secondary N) is 1. The molecule has 4 nitrogen and oxygen atoms in total. The van der Waals surface area contributed by atoms with Gasteiger partial charge in [0.15, 0.2) is 0 Å². The van der Waals surface area contributed by atoms with E-state index in [-0.39, 0.29) is 12.8 Å². The first kappa shape index (κ1) is 14.1. The first-order valence-electron chi connectivity index (χ1n) is 5.23. The second-order valence-corrected chi connectivity index (χ2v) is 4.11. The number of terminal acetylenes is 1. The van der Waals surface area contributed by atoms with E-state index in [1.807, 2.05) is 0 Å². The summed E-state index contributed by atoms with van der Waals surface area (Å²) >= 11 is 5.78. The van der Waals surface area contributed by atoms with Crippen molar-refractivity contribution in [2.75, 3.05) is 0 Å². The Morgan fingerprint density at radius 2 is 2.22 bits per heavy atom. The summed E-state index contributed by atoms with van der Waals surface area (Å²) in [6, 6.07) is 5.75. The van der Waals surface area contributed by atoms with Crippen LogP contribution in [0.3, 0.4) is 0 Å². The van der Waals surface area contributed by atoms with Gasteiger partial charge in [-0.05, 0) is 17.7 Å². The molecule has 0 fully saturated rings. The van der Waals surface area contributed by atoms with Crippen LogP contribution < -0.4 is 5.32 Å². The number of amides is 1. The topological polar surface area (TPSA) is 66.4 Å². The number of aliphatic carboxylic acids is 1. The Morgan fingerprint density at radius 1 is 1.50 bits per heavy atom. The van der Waals surface area contributed by atoms with E-state index in [1.165, 1.54) is 0 Å². The minimum absolute atomic E-state index is 0.0450. The number of carboxylic acids is 1. The fourth-order valence-electron chi connectivity index (χ4n) is 1.40. The zero-order valence-electron chi connectivity index (χ0n) is 9.52. The molecule has 1 rings (SSSR count). The van der Waals surface area contributed by atoms with E-state index in [0.717, 1.165) is 0 Å². The van der Waals surface area contributed by atoms with Gasteiger partial charge in [-0.25, -0.2) is 4.79 Å². The molecule has 94 valence electrons. The maximum atomic E-state index is 11.6. The quantitative estimate of drug-likeness (QED) is 0.793. The minimum Gasteiger partial charge on any atom is -0.480 e. The predicted molar refractivity (Wildman–Crippen MR) is 68.2 cm³/mol. The second-order valence-electron chi connectivity index (χ2n) is 3.67. The standard InChI is InChI=1S/C13H12ClNO3/c1-2-4-11(13(17)18)15-12(16)8-9-5-3-6-10(14)7-9/h1,3,5-7,11H,4,8H2,(H,15,16)(H,17,18). The Balaban J connectivity index is 2.61. The van der Waals surface area contributed by atoms with E-state index < -0.39 is 17.9 Å². The van der Waals surface area contributed by atoms with Crippen LogP contribution in [0.4, 0.5) is 0 Å². The monoisotopic (exact) mass is 265 g/mol. The van der Waals surface area contributed by atoms with Gasteiger partial charge in [0.1, 0.15) is 6.04 Å².